The summed E-state index contributed by atoms with van der Waals surface area (Å²) in [5.74, 6) is 0. The van der Waals surface area contributed by atoms with Crippen molar-refractivity contribution in [1.82, 2.24) is 25.0 Å². The first-order valence-electron chi connectivity index (χ1n) is 8.29. The molecular formula is C20H18N6. The van der Waals surface area contributed by atoms with E-state index < -0.39 is 0 Å². The van der Waals surface area contributed by atoms with Gasteiger partial charge in [0, 0.05) is 37.7 Å². The van der Waals surface area contributed by atoms with E-state index in [9.17, 15) is 0 Å². The van der Waals surface area contributed by atoms with Gasteiger partial charge < -0.3 is 4.90 Å². The smallest absolute Gasteiger partial charge is 0.113 e. The van der Waals surface area contributed by atoms with E-state index in [2.05, 4.69) is 49.4 Å². The van der Waals surface area contributed by atoms with Crippen LogP contribution >= 0.6 is 0 Å². The van der Waals surface area contributed by atoms with Crippen LogP contribution in [-0.4, -0.2) is 39.1 Å². The molecule has 0 aliphatic heterocycles. The second-order valence-corrected chi connectivity index (χ2v) is 6.10. The molecule has 0 aliphatic carbocycles. The van der Waals surface area contributed by atoms with Gasteiger partial charge in [-0.15, -0.1) is 5.10 Å². The maximum atomic E-state index is 4.40. The number of aromatic nitrogens is 5. The standard InChI is InChI=1S/C20H18N6/c1-25(2)16-8-6-15(7-9-16)20-14-26(24-23-20)17-10-12-22-19(13-17)18-5-3-4-11-21-18/h3-14H,1-2H3. The molecule has 6 nitrogen and oxygen atoms in total. The summed E-state index contributed by atoms with van der Waals surface area (Å²) in [6.45, 7) is 0. The Morgan fingerprint density at radius 1 is 0.808 bits per heavy atom. The normalized spacial score (nSPS) is 10.7. The van der Waals surface area contributed by atoms with Gasteiger partial charge in [-0.25, -0.2) is 4.68 Å². The monoisotopic (exact) mass is 342 g/mol. The summed E-state index contributed by atoms with van der Waals surface area (Å²) in [6.07, 6.45) is 5.43. The highest BCUT2D eigenvalue weighted by Crippen LogP contribution is 2.22. The molecule has 0 bridgehead atoms. The van der Waals surface area contributed by atoms with E-state index in [-0.39, 0.29) is 0 Å². The molecule has 0 saturated carbocycles. The van der Waals surface area contributed by atoms with E-state index in [1.165, 1.54) is 0 Å². The summed E-state index contributed by atoms with van der Waals surface area (Å²) in [4.78, 5) is 10.8. The number of pyridine rings is 2. The van der Waals surface area contributed by atoms with Gasteiger partial charge >= 0.3 is 0 Å². The largest absolute Gasteiger partial charge is 0.378 e. The van der Waals surface area contributed by atoms with Gasteiger partial charge in [-0.3, -0.25) is 9.97 Å². The lowest BCUT2D eigenvalue weighted by atomic mass is 10.1. The zero-order chi connectivity index (χ0) is 17.9. The predicted octanol–water partition coefficient (Wildman–Crippen LogP) is 3.46. The van der Waals surface area contributed by atoms with Gasteiger partial charge in [0.2, 0.25) is 0 Å². The molecule has 0 unspecified atom stereocenters. The van der Waals surface area contributed by atoms with Gasteiger partial charge in [-0.2, -0.15) is 0 Å². The Morgan fingerprint density at radius 3 is 2.35 bits per heavy atom. The van der Waals surface area contributed by atoms with Crippen LogP contribution < -0.4 is 4.90 Å². The zero-order valence-corrected chi connectivity index (χ0v) is 14.6. The third-order valence-electron chi connectivity index (χ3n) is 4.11. The molecular weight excluding hydrogens is 324 g/mol. The van der Waals surface area contributed by atoms with Crippen molar-refractivity contribution in [2.45, 2.75) is 0 Å². The number of hydrogen-bond acceptors (Lipinski definition) is 5. The molecule has 26 heavy (non-hydrogen) atoms. The molecule has 3 aromatic heterocycles. The van der Waals surface area contributed by atoms with Crippen molar-refractivity contribution in [3.8, 4) is 28.3 Å². The number of anilines is 1. The Bertz CT molecular complexity index is 1010. The van der Waals surface area contributed by atoms with E-state index in [0.29, 0.717) is 0 Å². The minimum atomic E-state index is 0.801. The van der Waals surface area contributed by atoms with Gasteiger partial charge in [-0.05, 0) is 36.4 Å². The summed E-state index contributed by atoms with van der Waals surface area (Å²) < 4.78 is 1.75. The fraction of sp³-hybridized carbons (Fsp3) is 0.100. The third kappa shape index (κ3) is 3.17. The van der Waals surface area contributed by atoms with Crippen LogP contribution in [0, 0.1) is 0 Å². The van der Waals surface area contributed by atoms with Crippen molar-refractivity contribution in [2.75, 3.05) is 19.0 Å². The Labute approximate surface area is 151 Å². The van der Waals surface area contributed by atoms with Crippen molar-refractivity contribution in [1.29, 1.82) is 0 Å². The molecule has 6 heteroatoms. The summed E-state index contributed by atoms with van der Waals surface area (Å²) in [7, 11) is 4.04. The number of hydrogen-bond donors (Lipinski definition) is 0. The van der Waals surface area contributed by atoms with Crippen LogP contribution in [0.15, 0.2) is 73.2 Å². The van der Waals surface area contributed by atoms with Gasteiger partial charge in [0.05, 0.1) is 23.3 Å². The van der Waals surface area contributed by atoms with E-state index in [1.807, 2.05) is 50.6 Å². The Balaban J connectivity index is 1.64. The quantitative estimate of drug-likeness (QED) is 0.568. The molecule has 0 aliphatic rings. The lowest BCUT2D eigenvalue weighted by Gasteiger charge is -2.11. The highest BCUT2D eigenvalue weighted by Gasteiger charge is 2.08. The van der Waals surface area contributed by atoms with Crippen molar-refractivity contribution in [2.24, 2.45) is 0 Å². The molecule has 1 aromatic carbocycles. The highest BCUT2D eigenvalue weighted by atomic mass is 15.4. The SMILES string of the molecule is CN(C)c1ccc(-c2cn(-c3ccnc(-c4ccccn4)c3)nn2)cc1. The number of rotatable bonds is 4. The molecule has 0 saturated heterocycles. The lowest BCUT2D eigenvalue weighted by Crippen LogP contribution is -2.07. The van der Waals surface area contributed by atoms with Crippen LogP contribution in [0.2, 0.25) is 0 Å². The second kappa shape index (κ2) is 6.76. The fourth-order valence-corrected chi connectivity index (χ4v) is 2.67. The summed E-state index contributed by atoms with van der Waals surface area (Å²) in [5.41, 5.74) is 5.52. The fourth-order valence-electron chi connectivity index (χ4n) is 2.67. The van der Waals surface area contributed by atoms with Crippen molar-refractivity contribution >= 4 is 5.69 Å². The minimum Gasteiger partial charge on any atom is -0.378 e. The topological polar surface area (TPSA) is 59.7 Å². The van der Waals surface area contributed by atoms with Crippen LogP contribution in [0.3, 0.4) is 0 Å². The van der Waals surface area contributed by atoms with Crippen LogP contribution in [-0.2, 0) is 0 Å². The molecule has 0 spiro atoms. The van der Waals surface area contributed by atoms with Gasteiger partial charge in [-0.1, -0.05) is 23.4 Å². The van der Waals surface area contributed by atoms with Crippen LogP contribution in [0.5, 0.6) is 0 Å². The van der Waals surface area contributed by atoms with E-state index in [4.69, 9.17) is 0 Å². The van der Waals surface area contributed by atoms with Gasteiger partial charge in [0.15, 0.2) is 0 Å². The average Bonchev–Trinajstić information content (AvgIpc) is 3.19. The minimum absolute atomic E-state index is 0.801. The van der Waals surface area contributed by atoms with Crippen molar-refractivity contribution in [3.05, 3.63) is 73.2 Å². The summed E-state index contributed by atoms with van der Waals surface area (Å²) in [6, 6.07) is 17.9. The average molecular weight is 342 g/mol. The molecule has 0 N–H and O–H groups in total. The van der Waals surface area contributed by atoms with Crippen LogP contribution in [0.4, 0.5) is 5.69 Å². The van der Waals surface area contributed by atoms with Crippen LogP contribution in [0.25, 0.3) is 28.3 Å². The maximum absolute atomic E-state index is 4.40. The Kier molecular flexibility index (Phi) is 4.15. The summed E-state index contributed by atoms with van der Waals surface area (Å²) in [5, 5.41) is 8.57. The maximum Gasteiger partial charge on any atom is 0.113 e. The lowest BCUT2D eigenvalue weighted by molar-refractivity contribution is 0.802. The molecule has 0 amide bonds. The number of benzene rings is 1. The van der Waals surface area contributed by atoms with E-state index >= 15 is 0 Å². The Hall–Kier alpha value is -3.54. The molecule has 4 aromatic rings. The molecule has 3 heterocycles. The molecule has 0 radical (unpaired) electrons. The molecule has 0 atom stereocenters. The first kappa shape index (κ1) is 16.0. The predicted molar refractivity (Wildman–Crippen MR) is 102 cm³/mol. The molecule has 0 fully saturated rings. The zero-order valence-electron chi connectivity index (χ0n) is 14.6. The van der Waals surface area contributed by atoms with E-state index in [1.54, 1.807) is 17.1 Å². The Morgan fingerprint density at radius 2 is 1.62 bits per heavy atom. The first-order valence-corrected chi connectivity index (χ1v) is 8.29. The molecule has 128 valence electrons. The first-order chi connectivity index (χ1) is 12.7. The second-order valence-electron chi connectivity index (χ2n) is 6.10. The van der Waals surface area contributed by atoms with Crippen molar-refractivity contribution in [3.63, 3.8) is 0 Å². The summed E-state index contributed by atoms with van der Waals surface area (Å²) >= 11 is 0. The van der Waals surface area contributed by atoms with Gasteiger partial charge in [0.1, 0.15) is 5.69 Å². The highest BCUT2D eigenvalue weighted by molar-refractivity contribution is 5.63. The van der Waals surface area contributed by atoms with Crippen LogP contribution in [0.1, 0.15) is 0 Å². The number of nitrogens with zero attached hydrogens (tertiary/aromatic N) is 6. The van der Waals surface area contributed by atoms with E-state index in [0.717, 1.165) is 34.0 Å². The third-order valence-corrected chi connectivity index (χ3v) is 4.11. The van der Waals surface area contributed by atoms with Crippen molar-refractivity contribution < 1.29 is 0 Å². The molecule has 4 rings (SSSR count). The van der Waals surface area contributed by atoms with Gasteiger partial charge in [0.25, 0.3) is 0 Å².